The van der Waals surface area contributed by atoms with Crippen molar-refractivity contribution < 1.29 is 19.1 Å². The van der Waals surface area contributed by atoms with Crippen molar-refractivity contribution in [1.29, 1.82) is 0 Å². The van der Waals surface area contributed by atoms with Crippen molar-refractivity contribution in [2.45, 2.75) is 42.7 Å². The van der Waals surface area contributed by atoms with Crippen LogP contribution in [0.5, 0.6) is 5.75 Å². The van der Waals surface area contributed by atoms with E-state index in [2.05, 4.69) is 10.6 Å². The summed E-state index contributed by atoms with van der Waals surface area (Å²) in [5, 5.41) is 6.34. The van der Waals surface area contributed by atoms with E-state index in [1.807, 2.05) is 45.9 Å². The SMILES string of the molecule is COC(=O)C(CSCc1ccc(OC)cc1)NC(=O)NCCCCC1CCSS1. The number of carbonyl (C=O) groups is 2. The van der Waals surface area contributed by atoms with E-state index in [1.54, 1.807) is 18.9 Å². The molecule has 9 heteroatoms. The molecule has 1 fully saturated rings. The molecule has 0 aromatic heterocycles. The predicted octanol–water partition coefficient (Wildman–Crippen LogP) is 4.09. The Hall–Kier alpha value is -1.19. The van der Waals surface area contributed by atoms with Crippen LogP contribution in [0.3, 0.4) is 0 Å². The van der Waals surface area contributed by atoms with Gasteiger partial charge in [-0.25, -0.2) is 9.59 Å². The lowest BCUT2D eigenvalue weighted by atomic mass is 10.1. The third-order valence-electron chi connectivity index (χ3n) is 4.47. The van der Waals surface area contributed by atoms with Crippen molar-refractivity contribution >= 4 is 45.4 Å². The van der Waals surface area contributed by atoms with Gasteiger partial charge in [0, 0.05) is 29.1 Å². The first-order chi connectivity index (χ1) is 14.1. The van der Waals surface area contributed by atoms with Crippen LogP contribution >= 0.6 is 33.3 Å². The van der Waals surface area contributed by atoms with Gasteiger partial charge in [0.15, 0.2) is 0 Å². The summed E-state index contributed by atoms with van der Waals surface area (Å²) in [5.41, 5.74) is 1.13. The largest absolute Gasteiger partial charge is 0.497 e. The Labute approximate surface area is 185 Å². The lowest BCUT2D eigenvalue weighted by Crippen LogP contribution is -2.48. The van der Waals surface area contributed by atoms with Crippen LogP contribution in [0, 0.1) is 0 Å². The van der Waals surface area contributed by atoms with Crippen molar-refractivity contribution in [1.82, 2.24) is 10.6 Å². The first-order valence-corrected chi connectivity index (χ1v) is 13.3. The Morgan fingerprint density at radius 2 is 2.03 bits per heavy atom. The zero-order chi connectivity index (χ0) is 20.9. The molecule has 2 N–H and O–H groups in total. The number of urea groups is 1. The Balaban J connectivity index is 1.65. The molecule has 1 aromatic rings. The highest BCUT2D eigenvalue weighted by atomic mass is 33.1. The van der Waals surface area contributed by atoms with Crippen molar-refractivity contribution in [3.8, 4) is 5.75 Å². The highest BCUT2D eigenvalue weighted by Gasteiger charge is 2.21. The molecule has 6 nitrogen and oxygen atoms in total. The Kier molecular flexibility index (Phi) is 11.6. The maximum absolute atomic E-state index is 12.1. The Bertz CT molecular complexity index is 625. The molecule has 1 heterocycles. The molecular weight excluding hydrogens is 428 g/mol. The van der Waals surface area contributed by atoms with Gasteiger partial charge in [-0.15, -0.1) is 0 Å². The average molecular weight is 459 g/mol. The lowest BCUT2D eigenvalue weighted by Gasteiger charge is -2.17. The van der Waals surface area contributed by atoms with E-state index in [9.17, 15) is 9.59 Å². The highest BCUT2D eigenvalue weighted by Crippen LogP contribution is 2.39. The average Bonchev–Trinajstić information content (AvgIpc) is 3.26. The number of methoxy groups -OCH3 is 2. The van der Waals surface area contributed by atoms with Crippen molar-refractivity contribution in [2.75, 3.05) is 32.3 Å². The van der Waals surface area contributed by atoms with E-state index in [1.165, 1.54) is 25.7 Å². The summed E-state index contributed by atoms with van der Waals surface area (Å²) in [7, 11) is 6.91. The summed E-state index contributed by atoms with van der Waals surface area (Å²) < 4.78 is 9.98. The van der Waals surface area contributed by atoms with E-state index >= 15 is 0 Å². The van der Waals surface area contributed by atoms with Crippen LogP contribution in [-0.4, -0.2) is 55.6 Å². The predicted molar refractivity (Wildman–Crippen MR) is 124 cm³/mol. The summed E-state index contributed by atoms with van der Waals surface area (Å²) in [6, 6.07) is 6.79. The summed E-state index contributed by atoms with van der Waals surface area (Å²) in [5.74, 6) is 2.81. The van der Waals surface area contributed by atoms with Crippen molar-refractivity contribution in [3.05, 3.63) is 29.8 Å². The summed E-state index contributed by atoms with van der Waals surface area (Å²) in [6.07, 6.45) is 4.55. The molecule has 1 aromatic carbocycles. The van der Waals surface area contributed by atoms with Crippen LogP contribution in [0.15, 0.2) is 24.3 Å². The molecule has 2 rings (SSSR count). The second kappa shape index (κ2) is 13.9. The summed E-state index contributed by atoms with van der Waals surface area (Å²) in [4.78, 5) is 24.1. The minimum Gasteiger partial charge on any atom is -0.497 e. The molecule has 2 amide bonds. The molecular formula is C20H30N2O4S3. The van der Waals surface area contributed by atoms with Gasteiger partial charge in [0.1, 0.15) is 11.8 Å². The fraction of sp³-hybridized carbons (Fsp3) is 0.600. The van der Waals surface area contributed by atoms with Crippen LogP contribution in [0.4, 0.5) is 4.79 Å². The molecule has 0 spiro atoms. The second-order valence-corrected chi connectivity index (χ2v) is 10.5. The fourth-order valence-corrected chi connectivity index (χ4v) is 6.83. The molecule has 1 aliphatic rings. The Morgan fingerprint density at radius 1 is 1.24 bits per heavy atom. The maximum atomic E-state index is 12.1. The van der Waals surface area contributed by atoms with Gasteiger partial charge in [-0.3, -0.25) is 0 Å². The molecule has 2 atom stereocenters. The molecule has 0 saturated carbocycles. The quantitative estimate of drug-likeness (QED) is 0.277. The van der Waals surface area contributed by atoms with Gasteiger partial charge in [-0.05, 0) is 37.0 Å². The minimum atomic E-state index is -0.671. The molecule has 0 bridgehead atoms. The van der Waals surface area contributed by atoms with Crippen LogP contribution in [0.1, 0.15) is 31.2 Å². The highest BCUT2D eigenvalue weighted by molar-refractivity contribution is 8.77. The second-order valence-electron chi connectivity index (χ2n) is 6.66. The van der Waals surface area contributed by atoms with Gasteiger partial charge in [0.05, 0.1) is 14.2 Å². The maximum Gasteiger partial charge on any atom is 0.329 e. The number of rotatable bonds is 12. The summed E-state index contributed by atoms with van der Waals surface area (Å²) >= 11 is 1.57. The van der Waals surface area contributed by atoms with E-state index in [0.29, 0.717) is 12.3 Å². The number of carbonyl (C=O) groups excluding carboxylic acids is 2. The third-order valence-corrected chi connectivity index (χ3v) is 8.58. The van der Waals surface area contributed by atoms with Gasteiger partial charge in [0.2, 0.25) is 0 Å². The van der Waals surface area contributed by atoms with Gasteiger partial charge >= 0.3 is 12.0 Å². The topological polar surface area (TPSA) is 76.7 Å². The molecule has 0 aliphatic carbocycles. The van der Waals surface area contributed by atoms with E-state index < -0.39 is 12.0 Å². The molecule has 29 heavy (non-hydrogen) atoms. The number of ether oxygens (including phenoxy) is 2. The van der Waals surface area contributed by atoms with E-state index in [-0.39, 0.29) is 6.03 Å². The van der Waals surface area contributed by atoms with Crippen LogP contribution in [0.2, 0.25) is 0 Å². The van der Waals surface area contributed by atoms with Gasteiger partial charge in [-0.1, -0.05) is 40.1 Å². The number of hydrogen-bond donors (Lipinski definition) is 2. The molecule has 1 aliphatic heterocycles. The zero-order valence-corrected chi connectivity index (χ0v) is 19.4. The van der Waals surface area contributed by atoms with Gasteiger partial charge in [-0.2, -0.15) is 11.8 Å². The zero-order valence-electron chi connectivity index (χ0n) is 17.0. The number of nitrogens with one attached hydrogen (secondary N) is 2. The molecule has 0 radical (unpaired) electrons. The number of amides is 2. The monoisotopic (exact) mass is 458 g/mol. The summed E-state index contributed by atoms with van der Waals surface area (Å²) in [6.45, 7) is 0.614. The molecule has 1 saturated heterocycles. The first-order valence-electron chi connectivity index (χ1n) is 9.73. The Morgan fingerprint density at radius 3 is 2.69 bits per heavy atom. The molecule has 2 unspecified atom stereocenters. The normalized spacial score (nSPS) is 16.8. The van der Waals surface area contributed by atoms with E-state index in [0.717, 1.165) is 35.2 Å². The van der Waals surface area contributed by atoms with Crippen LogP contribution in [-0.2, 0) is 15.3 Å². The van der Waals surface area contributed by atoms with Gasteiger partial charge in [0.25, 0.3) is 0 Å². The number of hydrogen-bond acceptors (Lipinski definition) is 7. The van der Waals surface area contributed by atoms with Crippen LogP contribution < -0.4 is 15.4 Å². The standard InChI is InChI=1S/C20H30N2O4S3/c1-25-16-8-6-15(7-9-16)13-27-14-18(19(23)26-2)22-20(24)21-11-4-3-5-17-10-12-28-29-17/h6-9,17-18H,3-5,10-14H2,1-2H3,(H2,21,22,24). The number of unbranched alkanes of at least 4 members (excludes halogenated alkanes) is 1. The first kappa shape index (κ1) is 24.1. The van der Waals surface area contributed by atoms with Crippen molar-refractivity contribution in [3.63, 3.8) is 0 Å². The van der Waals surface area contributed by atoms with Gasteiger partial charge < -0.3 is 20.1 Å². The number of benzene rings is 1. The third kappa shape index (κ3) is 9.44. The minimum absolute atomic E-state index is 0.323. The fourth-order valence-electron chi connectivity index (χ4n) is 2.80. The van der Waals surface area contributed by atoms with E-state index in [4.69, 9.17) is 9.47 Å². The lowest BCUT2D eigenvalue weighted by molar-refractivity contribution is -0.142. The smallest absolute Gasteiger partial charge is 0.329 e. The van der Waals surface area contributed by atoms with Crippen LogP contribution in [0.25, 0.3) is 0 Å². The molecule has 162 valence electrons. The number of esters is 1. The van der Waals surface area contributed by atoms with Crippen molar-refractivity contribution in [2.24, 2.45) is 0 Å². The number of thioether (sulfide) groups is 1.